The van der Waals surface area contributed by atoms with Crippen molar-refractivity contribution in [3.8, 4) is 11.1 Å². The Bertz CT molecular complexity index is 2690. The molecule has 0 saturated heterocycles. The van der Waals surface area contributed by atoms with Gasteiger partial charge in [-0.25, -0.2) is 0 Å². The van der Waals surface area contributed by atoms with Crippen molar-refractivity contribution in [2.24, 2.45) is 0 Å². The van der Waals surface area contributed by atoms with E-state index in [0.717, 1.165) is 38.7 Å². The Labute approximate surface area is 270 Å². The van der Waals surface area contributed by atoms with Crippen LogP contribution in [0.5, 0.6) is 0 Å². The Morgan fingerprint density at radius 1 is 0.522 bits per heavy atom. The molecule has 0 saturated carbocycles. The number of rotatable bonds is 3. The molecule has 0 bridgehead atoms. The molecule has 0 radical (unpaired) electrons. The number of fused-ring (bicyclic) bond motifs is 10. The summed E-state index contributed by atoms with van der Waals surface area (Å²) in [6.07, 6.45) is 0. The standard InChI is InChI=1S/C43H29NOS/c1-43(2)35-13-6-3-12-32(35)42-36(43)14-9-15-37(42)44(29-20-21-41-34(25-29)31-11-5-8-17-40(31)46-41)28-19-18-26-23-33-30-10-4-7-16-38(30)45-39(33)24-27(26)22-28/h3-25H,1-2H3. The highest BCUT2D eigenvalue weighted by molar-refractivity contribution is 7.25. The second-order valence-corrected chi connectivity index (χ2v) is 14.0. The van der Waals surface area contributed by atoms with Gasteiger partial charge in [-0.15, -0.1) is 11.3 Å². The first kappa shape index (κ1) is 25.9. The highest BCUT2D eigenvalue weighted by atomic mass is 32.1. The number of benzene rings is 7. The topological polar surface area (TPSA) is 16.4 Å². The average Bonchev–Trinajstić information content (AvgIpc) is 3.71. The Hall–Kier alpha value is -5.38. The highest BCUT2D eigenvalue weighted by Gasteiger charge is 2.37. The van der Waals surface area contributed by atoms with E-state index in [9.17, 15) is 0 Å². The van der Waals surface area contributed by atoms with Crippen molar-refractivity contribution in [1.29, 1.82) is 0 Å². The number of thiophene rings is 1. The molecule has 2 nitrogen and oxygen atoms in total. The number of hydrogen-bond acceptors (Lipinski definition) is 3. The largest absolute Gasteiger partial charge is 0.456 e. The molecule has 2 heterocycles. The Kier molecular flexibility index (Phi) is 5.25. The summed E-state index contributed by atoms with van der Waals surface area (Å²) in [7, 11) is 0. The van der Waals surface area contributed by atoms with E-state index in [4.69, 9.17) is 4.42 Å². The van der Waals surface area contributed by atoms with Crippen LogP contribution in [0.4, 0.5) is 17.1 Å². The van der Waals surface area contributed by atoms with Gasteiger partial charge in [0.05, 0.1) is 5.69 Å². The fraction of sp³-hybridized carbons (Fsp3) is 0.0698. The third kappa shape index (κ3) is 3.58. The second kappa shape index (κ2) is 9.32. The highest BCUT2D eigenvalue weighted by Crippen LogP contribution is 2.54. The maximum Gasteiger partial charge on any atom is 0.136 e. The fourth-order valence-corrected chi connectivity index (χ4v) is 8.88. The summed E-state index contributed by atoms with van der Waals surface area (Å²) in [6, 6.07) is 51.1. The first-order valence-electron chi connectivity index (χ1n) is 15.8. The first-order chi connectivity index (χ1) is 22.5. The third-order valence-electron chi connectivity index (χ3n) is 10.0. The zero-order valence-corrected chi connectivity index (χ0v) is 26.4. The summed E-state index contributed by atoms with van der Waals surface area (Å²) in [5.74, 6) is 0. The SMILES string of the molecule is CC1(C)c2ccccc2-c2c(N(c3ccc4cc5c(cc4c3)oc3ccccc35)c3ccc4sc5ccccc5c4c3)cccc21. The lowest BCUT2D eigenvalue weighted by Gasteiger charge is -2.29. The summed E-state index contributed by atoms with van der Waals surface area (Å²) in [5.41, 5.74) is 10.6. The lowest BCUT2D eigenvalue weighted by Crippen LogP contribution is -2.16. The molecule has 0 unspecified atom stereocenters. The summed E-state index contributed by atoms with van der Waals surface area (Å²) in [6.45, 7) is 4.70. The van der Waals surface area contributed by atoms with Crippen LogP contribution in [0.3, 0.4) is 0 Å². The molecule has 0 spiro atoms. The number of furan rings is 1. The predicted molar refractivity (Wildman–Crippen MR) is 196 cm³/mol. The summed E-state index contributed by atoms with van der Waals surface area (Å²) in [5, 5.41) is 7.27. The minimum absolute atomic E-state index is 0.0859. The van der Waals surface area contributed by atoms with Gasteiger partial charge in [-0.05, 0) is 88.1 Å². The van der Waals surface area contributed by atoms with Gasteiger partial charge in [-0.2, -0.15) is 0 Å². The van der Waals surface area contributed by atoms with Gasteiger partial charge in [-0.3, -0.25) is 0 Å². The zero-order chi connectivity index (χ0) is 30.6. The van der Waals surface area contributed by atoms with E-state index in [1.165, 1.54) is 53.5 Å². The molecule has 0 aliphatic heterocycles. The quantitative estimate of drug-likeness (QED) is 0.199. The smallest absolute Gasteiger partial charge is 0.136 e. The van der Waals surface area contributed by atoms with Crippen molar-refractivity contribution >= 4 is 81.3 Å². The maximum atomic E-state index is 6.32. The minimum Gasteiger partial charge on any atom is -0.456 e. The zero-order valence-electron chi connectivity index (χ0n) is 25.5. The van der Waals surface area contributed by atoms with E-state index in [-0.39, 0.29) is 5.41 Å². The molecule has 2 aromatic heterocycles. The molecule has 0 amide bonds. The van der Waals surface area contributed by atoms with Gasteiger partial charge in [0.15, 0.2) is 0 Å². The Balaban J connectivity index is 1.25. The van der Waals surface area contributed by atoms with Gasteiger partial charge in [0, 0.05) is 53.3 Å². The predicted octanol–water partition coefficient (Wildman–Crippen LogP) is 12.9. The molecule has 0 fully saturated rings. The van der Waals surface area contributed by atoms with Crippen molar-refractivity contribution in [1.82, 2.24) is 0 Å². The number of para-hydroxylation sites is 1. The molecule has 218 valence electrons. The van der Waals surface area contributed by atoms with E-state index in [2.05, 4.69) is 146 Å². The van der Waals surface area contributed by atoms with Crippen LogP contribution in [-0.4, -0.2) is 0 Å². The van der Waals surface area contributed by atoms with E-state index in [1.807, 2.05) is 23.5 Å². The molecule has 1 aliphatic carbocycles. The summed E-state index contributed by atoms with van der Waals surface area (Å²) < 4.78 is 8.94. The molecule has 10 rings (SSSR count). The molecule has 9 aromatic rings. The minimum atomic E-state index is -0.0859. The summed E-state index contributed by atoms with van der Waals surface area (Å²) in [4.78, 5) is 2.46. The van der Waals surface area contributed by atoms with Crippen LogP contribution in [0, 0.1) is 0 Å². The van der Waals surface area contributed by atoms with Crippen LogP contribution in [-0.2, 0) is 5.41 Å². The molecule has 1 aliphatic rings. The molecular formula is C43H29NOS. The van der Waals surface area contributed by atoms with Gasteiger partial charge >= 0.3 is 0 Å². The van der Waals surface area contributed by atoms with Gasteiger partial charge in [0.2, 0.25) is 0 Å². The van der Waals surface area contributed by atoms with Crippen molar-refractivity contribution in [3.05, 3.63) is 151 Å². The van der Waals surface area contributed by atoms with Crippen LogP contribution in [0.1, 0.15) is 25.0 Å². The van der Waals surface area contributed by atoms with Crippen LogP contribution >= 0.6 is 11.3 Å². The molecule has 0 atom stereocenters. The molecular weight excluding hydrogens is 579 g/mol. The van der Waals surface area contributed by atoms with E-state index in [1.54, 1.807) is 0 Å². The van der Waals surface area contributed by atoms with E-state index in [0.29, 0.717) is 0 Å². The van der Waals surface area contributed by atoms with Crippen molar-refractivity contribution in [2.75, 3.05) is 4.90 Å². The van der Waals surface area contributed by atoms with Crippen LogP contribution in [0.15, 0.2) is 144 Å². The van der Waals surface area contributed by atoms with Gasteiger partial charge < -0.3 is 9.32 Å². The molecule has 46 heavy (non-hydrogen) atoms. The van der Waals surface area contributed by atoms with Gasteiger partial charge in [-0.1, -0.05) is 92.7 Å². The third-order valence-corrected chi connectivity index (χ3v) is 11.2. The van der Waals surface area contributed by atoms with Crippen molar-refractivity contribution in [3.63, 3.8) is 0 Å². The average molecular weight is 608 g/mol. The number of anilines is 3. The number of nitrogens with zero attached hydrogens (tertiary/aromatic N) is 1. The maximum absolute atomic E-state index is 6.32. The van der Waals surface area contributed by atoms with E-state index >= 15 is 0 Å². The van der Waals surface area contributed by atoms with E-state index < -0.39 is 0 Å². The monoisotopic (exact) mass is 607 g/mol. The van der Waals surface area contributed by atoms with Gasteiger partial charge in [0.1, 0.15) is 11.2 Å². The van der Waals surface area contributed by atoms with Crippen molar-refractivity contribution in [2.45, 2.75) is 19.3 Å². The van der Waals surface area contributed by atoms with Crippen LogP contribution in [0.25, 0.3) is 64.0 Å². The van der Waals surface area contributed by atoms with Crippen molar-refractivity contribution < 1.29 is 4.42 Å². The first-order valence-corrected chi connectivity index (χ1v) is 16.7. The van der Waals surface area contributed by atoms with Crippen LogP contribution < -0.4 is 4.90 Å². The normalized spacial score (nSPS) is 13.6. The molecule has 7 aromatic carbocycles. The van der Waals surface area contributed by atoms with Crippen LogP contribution in [0.2, 0.25) is 0 Å². The summed E-state index contributed by atoms with van der Waals surface area (Å²) >= 11 is 1.86. The molecule has 3 heteroatoms. The molecule has 0 N–H and O–H groups in total. The Morgan fingerprint density at radius 2 is 1.26 bits per heavy atom. The lowest BCUT2D eigenvalue weighted by atomic mass is 9.82. The van der Waals surface area contributed by atoms with Gasteiger partial charge in [0.25, 0.3) is 0 Å². The number of hydrogen-bond donors (Lipinski definition) is 0. The second-order valence-electron chi connectivity index (χ2n) is 13.0. The Morgan fingerprint density at radius 3 is 2.20 bits per heavy atom. The fourth-order valence-electron chi connectivity index (χ4n) is 7.80. The lowest BCUT2D eigenvalue weighted by molar-refractivity contribution is 0.660.